The third-order valence-electron chi connectivity index (χ3n) is 7.06. The fraction of sp³-hybridized carbons (Fsp3) is 0.571. The molecule has 2 bridgehead atoms. The molecule has 0 aromatic heterocycles. The number of carbonyl (C=O) groups excluding carboxylic acids is 3. The number of imide groups is 1. The number of likely N-dealkylation sites (N-methyl/N-ethyl adjacent to an activating group) is 1. The first-order chi connectivity index (χ1) is 12.4. The van der Waals surface area contributed by atoms with Crippen LogP contribution in [0.1, 0.15) is 49.4 Å². The van der Waals surface area contributed by atoms with E-state index < -0.39 is 5.54 Å². The van der Waals surface area contributed by atoms with Crippen LogP contribution in [0.3, 0.4) is 0 Å². The van der Waals surface area contributed by atoms with Gasteiger partial charge in [-0.15, -0.1) is 0 Å². The van der Waals surface area contributed by atoms with E-state index in [-0.39, 0.29) is 30.2 Å². The van der Waals surface area contributed by atoms with E-state index in [0.29, 0.717) is 17.4 Å². The van der Waals surface area contributed by atoms with Gasteiger partial charge in [0.05, 0.1) is 6.54 Å². The minimum atomic E-state index is -0.822. The molecule has 5 nitrogen and oxygen atoms in total. The summed E-state index contributed by atoms with van der Waals surface area (Å²) in [5.41, 5.74) is -0.293. The standard InChI is InChI=1S/C21H26N2O3/c1-21(17-12-14-8-10-15(17)11-9-14)19(25)23(20(26)22(21)2)13-18(24)16-6-4-3-5-7-16/h3-7,14-15,17H,8-13H2,1-2H3/t14?,15?,17-,21?/m0/s1. The van der Waals surface area contributed by atoms with E-state index in [1.54, 1.807) is 36.2 Å². The number of fused-ring (bicyclic) bond motifs is 3. The number of rotatable bonds is 4. The summed E-state index contributed by atoms with van der Waals surface area (Å²) in [6.45, 7) is 1.73. The van der Waals surface area contributed by atoms with Crippen molar-refractivity contribution in [3.05, 3.63) is 35.9 Å². The number of hydrogen-bond donors (Lipinski definition) is 0. The highest BCUT2D eigenvalue weighted by Crippen LogP contribution is 2.52. The van der Waals surface area contributed by atoms with Crippen molar-refractivity contribution in [2.24, 2.45) is 17.8 Å². The summed E-state index contributed by atoms with van der Waals surface area (Å²) in [4.78, 5) is 41.4. The molecule has 138 valence electrons. The second kappa shape index (κ2) is 6.22. The van der Waals surface area contributed by atoms with Gasteiger partial charge in [0.2, 0.25) is 0 Å². The first kappa shape index (κ1) is 17.3. The van der Waals surface area contributed by atoms with E-state index in [1.165, 1.54) is 12.8 Å². The highest BCUT2D eigenvalue weighted by Gasteiger charge is 2.60. The van der Waals surface area contributed by atoms with E-state index in [9.17, 15) is 14.4 Å². The van der Waals surface area contributed by atoms with E-state index in [4.69, 9.17) is 0 Å². The van der Waals surface area contributed by atoms with E-state index >= 15 is 0 Å². The lowest BCUT2D eigenvalue weighted by molar-refractivity contribution is -0.138. The predicted molar refractivity (Wildman–Crippen MR) is 97.6 cm³/mol. The Balaban J connectivity index is 1.58. The number of amides is 3. The third-order valence-corrected chi connectivity index (χ3v) is 7.06. The van der Waals surface area contributed by atoms with Crippen molar-refractivity contribution in [3.63, 3.8) is 0 Å². The van der Waals surface area contributed by atoms with Crippen molar-refractivity contribution in [1.29, 1.82) is 0 Å². The van der Waals surface area contributed by atoms with Gasteiger partial charge in [0.15, 0.2) is 5.78 Å². The molecule has 1 aliphatic heterocycles. The molecule has 1 heterocycles. The zero-order valence-corrected chi connectivity index (χ0v) is 15.5. The number of benzene rings is 1. The van der Waals surface area contributed by atoms with Gasteiger partial charge in [-0.05, 0) is 43.9 Å². The van der Waals surface area contributed by atoms with Crippen LogP contribution >= 0.6 is 0 Å². The van der Waals surface area contributed by atoms with Gasteiger partial charge in [0.1, 0.15) is 5.54 Å². The molecule has 0 radical (unpaired) electrons. The van der Waals surface area contributed by atoms with Gasteiger partial charge < -0.3 is 4.90 Å². The summed E-state index contributed by atoms with van der Waals surface area (Å²) in [7, 11) is 1.72. The molecule has 1 aromatic rings. The van der Waals surface area contributed by atoms with Crippen molar-refractivity contribution < 1.29 is 14.4 Å². The quantitative estimate of drug-likeness (QED) is 0.615. The molecular formula is C21H26N2O3. The topological polar surface area (TPSA) is 57.7 Å². The van der Waals surface area contributed by atoms with Gasteiger partial charge in [0.25, 0.3) is 5.91 Å². The lowest BCUT2D eigenvalue weighted by Crippen LogP contribution is -2.56. The molecule has 3 saturated carbocycles. The second-order valence-corrected chi connectivity index (χ2v) is 8.29. The molecule has 4 aliphatic rings. The minimum absolute atomic E-state index is 0.178. The molecular weight excluding hydrogens is 328 g/mol. The first-order valence-electron chi connectivity index (χ1n) is 9.61. The maximum absolute atomic E-state index is 13.3. The summed E-state index contributed by atoms with van der Waals surface area (Å²) >= 11 is 0. The Labute approximate surface area is 154 Å². The van der Waals surface area contributed by atoms with Crippen molar-refractivity contribution in [1.82, 2.24) is 9.80 Å². The molecule has 5 heteroatoms. The van der Waals surface area contributed by atoms with E-state index in [1.807, 2.05) is 13.0 Å². The molecule has 0 spiro atoms. The van der Waals surface area contributed by atoms with Gasteiger partial charge in [0, 0.05) is 12.6 Å². The number of urea groups is 1. The monoisotopic (exact) mass is 354 g/mol. The Kier molecular flexibility index (Phi) is 4.13. The van der Waals surface area contributed by atoms with Crippen LogP contribution in [0, 0.1) is 17.8 Å². The molecule has 2 atom stereocenters. The average molecular weight is 354 g/mol. The van der Waals surface area contributed by atoms with Crippen LogP contribution in [0.2, 0.25) is 0 Å². The molecule has 1 aromatic carbocycles. The van der Waals surface area contributed by atoms with E-state index in [2.05, 4.69) is 0 Å². The number of hydrogen-bond acceptors (Lipinski definition) is 3. The molecule has 3 amide bonds. The van der Waals surface area contributed by atoms with Gasteiger partial charge in [-0.2, -0.15) is 0 Å². The molecule has 1 unspecified atom stereocenters. The third kappa shape index (κ3) is 2.48. The van der Waals surface area contributed by atoms with Crippen LogP contribution in [0.4, 0.5) is 4.79 Å². The SMILES string of the molecule is CN1C(=O)N(CC(=O)c2ccccc2)C(=O)C1(C)[C@H]1CC2CCC1CC2. The van der Waals surface area contributed by atoms with Crippen LogP contribution in [-0.4, -0.2) is 46.7 Å². The normalized spacial score (nSPS) is 33.8. The lowest BCUT2D eigenvalue weighted by Gasteiger charge is -2.49. The van der Waals surface area contributed by atoms with Crippen molar-refractivity contribution in [2.45, 2.75) is 44.6 Å². The van der Waals surface area contributed by atoms with Gasteiger partial charge in [-0.1, -0.05) is 43.2 Å². The van der Waals surface area contributed by atoms with E-state index in [0.717, 1.165) is 24.2 Å². The molecule has 0 N–H and O–H groups in total. The van der Waals surface area contributed by atoms with Crippen LogP contribution in [0.5, 0.6) is 0 Å². The predicted octanol–water partition coefficient (Wildman–Crippen LogP) is 3.35. The Morgan fingerprint density at radius 2 is 1.77 bits per heavy atom. The zero-order chi connectivity index (χ0) is 18.5. The Bertz CT molecular complexity index is 739. The average Bonchev–Trinajstić information content (AvgIpc) is 2.85. The van der Waals surface area contributed by atoms with Gasteiger partial charge in [-0.25, -0.2) is 4.79 Å². The Hall–Kier alpha value is -2.17. The maximum Gasteiger partial charge on any atom is 0.327 e. The summed E-state index contributed by atoms with van der Waals surface area (Å²) in [6.07, 6.45) is 5.83. The highest BCUT2D eigenvalue weighted by molar-refractivity contribution is 6.11. The van der Waals surface area contributed by atoms with Crippen LogP contribution in [0.15, 0.2) is 30.3 Å². The summed E-state index contributed by atoms with van der Waals surface area (Å²) in [5, 5.41) is 0. The fourth-order valence-corrected chi connectivity index (χ4v) is 5.36. The van der Waals surface area contributed by atoms with Crippen LogP contribution in [0.25, 0.3) is 0 Å². The Morgan fingerprint density at radius 3 is 2.35 bits per heavy atom. The zero-order valence-electron chi connectivity index (χ0n) is 15.5. The molecule has 5 rings (SSSR count). The van der Waals surface area contributed by atoms with Gasteiger partial charge >= 0.3 is 6.03 Å². The van der Waals surface area contributed by atoms with Crippen molar-refractivity contribution >= 4 is 17.7 Å². The van der Waals surface area contributed by atoms with Gasteiger partial charge in [-0.3, -0.25) is 14.5 Å². The van der Waals surface area contributed by atoms with Crippen molar-refractivity contribution in [3.8, 4) is 0 Å². The molecule has 26 heavy (non-hydrogen) atoms. The molecule has 1 saturated heterocycles. The van der Waals surface area contributed by atoms with Crippen LogP contribution in [-0.2, 0) is 4.79 Å². The minimum Gasteiger partial charge on any atom is -0.313 e. The number of nitrogens with zero attached hydrogens (tertiary/aromatic N) is 2. The first-order valence-corrected chi connectivity index (χ1v) is 9.61. The number of carbonyl (C=O) groups is 3. The molecule has 4 fully saturated rings. The molecule has 3 aliphatic carbocycles. The largest absolute Gasteiger partial charge is 0.327 e. The lowest BCUT2D eigenvalue weighted by atomic mass is 9.59. The van der Waals surface area contributed by atoms with Crippen molar-refractivity contribution in [2.75, 3.05) is 13.6 Å². The smallest absolute Gasteiger partial charge is 0.313 e. The highest BCUT2D eigenvalue weighted by atomic mass is 16.2. The summed E-state index contributed by atoms with van der Waals surface area (Å²) < 4.78 is 0. The number of Topliss-reactive ketones (excluding diaryl/α,β-unsaturated/α-hetero) is 1. The number of ketones is 1. The summed E-state index contributed by atoms with van der Waals surface area (Å²) in [6, 6.07) is 8.51. The maximum atomic E-state index is 13.3. The van der Waals surface area contributed by atoms with Crippen LogP contribution < -0.4 is 0 Å². The Morgan fingerprint density at radius 1 is 1.12 bits per heavy atom. The second-order valence-electron chi connectivity index (χ2n) is 8.29. The summed E-state index contributed by atoms with van der Waals surface area (Å²) in [5.74, 6) is 0.988. The fourth-order valence-electron chi connectivity index (χ4n) is 5.36.